The van der Waals surface area contributed by atoms with Crippen molar-refractivity contribution in [2.24, 2.45) is 5.92 Å². The Balaban J connectivity index is 2.13. The van der Waals surface area contributed by atoms with Crippen molar-refractivity contribution >= 4 is 0 Å². The van der Waals surface area contributed by atoms with Crippen LogP contribution in [0.2, 0.25) is 0 Å². The van der Waals surface area contributed by atoms with Gasteiger partial charge in [0.1, 0.15) is 12.2 Å². The number of aliphatic hydroxyl groups is 1. The van der Waals surface area contributed by atoms with Gasteiger partial charge in [-0.1, -0.05) is 26.0 Å². The Kier molecular flexibility index (Phi) is 4.49. The summed E-state index contributed by atoms with van der Waals surface area (Å²) in [5.74, 6) is 1.23. The molecule has 5 heteroatoms. The molecule has 0 amide bonds. The van der Waals surface area contributed by atoms with Gasteiger partial charge in [0.2, 0.25) is 0 Å². The van der Waals surface area contributed by atoms with Crippen LogP contribution in [0.25, 0.3) is 0 Å². The average molecular weight is 270 g/mol. The van der Waals surface area contributed by atoms with Crippen LogP contribution in [0, 0.1) is 17.2 Å². The molecule has 0 aliphatic carbocycles. The summed E-state index contributed by atoms with van der Waals surface area (Å²) in [5, 5.41) is 23.3. The lowest BCUT2D eigenvalue weighted by atomic mass is 10.0. The SMILES string of the molecule is CC(C)Cn1ncnc1CC(O)c1cccc(C#N)c1. The van der Waals surface area contributed by atoms with Crippen LogP contribution in [0.3, 0.4) is 0 Å². The molecule has 20 heavy (non-hydrogen) atoms. The van der Waals surface area contributed by atoms with E-state index in [0.29, 0.717) is 17.9 Å². The van der Waals surface area contributed by atoms with Crippen molar-refractivity contribution in [3.8, 4) is 6.07 Å². The lowest BCUT2D eigenvalue weighted by molar-refractivity contribution is 0.173. The molecule has 0 aliphatic heterocycles. The third kappa shape index (κ3) is 3.43. The minimum absolute atomic E-state index is 0.390. The third-order valence-electron chi connectivity index (χ3n) is 3.01. The number of hydrogen-bond acceptors (Lipinski definition) is 4. The molecule has 0 fully saturated rings. The van der Waals surface area contributed by atoms with Crippen LogP contribution < -0.4 is 0 Å². The van der Waals surface area contributed by atoms with Gasteiger partial charge < -0.3 is 5.11 Å². The predicted octanol–water partition coefficient (Wildman–Crippen LogP) is 2.08. The summed E-state index contributed by atoms with van der Waals surface area (Å²) in [6.07, 6.45) is 1.22. The van der Waals surface area contributed by atoms with E-state index in [1.807, 2.05) is 10.7 Å². The summed E-state index contributed by atoms with van der Waals surface area (Å²) in [4.78, 5) is 4.20. The fourth-order valence-electron chi connectivity index (χ4n) is 2.05. The van der Waals surface area contributed by atoms with E-state index in [9.17, 15) is 5.11 Å². The van der Waals surface area contributed by atoms with Crippen molar-refractivity contribution in [1.82, 2.24) is 14.8 Å². The van der Waals surface area contributed by atoms with Gasteiger partial charge in [0.15, 0.2) is 0 Å². The highest BCUT2D eigenvalue weighted by Crippen LogP contribution is 2.18. The molecule has 2 rings (SSSR count). The van der Waals surface area contributed by atoms with Gasteiger partial charge in [-0.25, -0.2) is 9.67 Å². The normalized spacial score (nSPS) is 12.3. The molecular weight excluding hydrogens is 252 g/mol. The van der Waals surface area contributed by atoms with Gasteiger partial charge in [0.25, 0.3) is 0 Å². The van der Waals surface area contributed by atoms with Gasteiger partial charge in [-0.15, -0.1) is 0 Å². The lowest BCUT2D eigenvalue weighted by Gasteiger charge is -2.13. The number of rotatable bonds is 5. The van der Waals surface area contributed by atoms with Crippen LogP contribution in [0.15, 0.2) is 30.6 Å². The first-order chi connectivity index (χ1) is 9.60. The summed E-state index contributed by atoms with van der Waals surface area (Å²) >= 11 is 0. The zero-order valence-electron chi connectivity index (χ0n) is 11.7. The molecule has 1 atom stereocenters. The van der Waals surface area contributed by atoms with E-state index in [-0.39, 0.29) is 0 Å². The van der Waals surface area contributed by atoms with Crippen LogP contribution in [-0.2, 0) is 13.0 Å². The topological polar surface area (TPSA) is 74.7 Å². The molecule has 0 saturated heterocycles. The molecule has 2 aromatic rings. The first-order valence-electron chi connectivity index (χ1n) is 6.65. The Bertz CT molecular complexity index is 612. The maximum Gasteiger partial charge on any atom is 0.138 e. The van der Waals surface area contributed by atoms with Crippen molar-refractivity contribution in [2.75, 3.05) is 0 Å². The van der Waals surface area contributed by atoms with Crippen LogP contribution in [-0.4, -0.2) is 19.9 Å². The number of nitriles is 1. The zero-order chi connectivity index (χ0) is 14.5. The van der Waals surface area contributed by atoms with Gasteiger partial charge in [0, 0.05) is 13.0 Å². The van der Waals surface area contributed by atoms with Crippen molar-refractivity contribution in [3.05, 3.63) is 47.5 Å². The number of benzene rings is 1. The highest BCUT2D eigenvalue weighted by molar-refractivity contribution is 5.33. The van der Waals surface area contributed by atoms with Gasteiger partial charge >= 0.3 is 0 Å². The highest BCUT2D eigenvalue weighted by Gasteiger charge is 2.14. The van der Waals surface area contributed by atoms with E-state index in [2.05, 4.69) is 30.0 Å². The highest BCUT2D eigenvalue weighted by atomic mass is 16.3. The van der Waals surface area contributed by atoms with Crippen molar-refractivity contribution in [1.29, 1.82) is 5.26 Å². The Hall–Kier alpha value is -2.19. The standard InChI is InChI=1S/C15H18N4O/c1-11(2)9-19-15(17-10-18-19)7-14(20)13-5-3-4-12(6-13)8-16/h3-6,10-11,14,20H,7,9H2,1-2H3. The largest absolute Gasteiger partial charge is 0.388 e. The monoisotopic (exact) mass is 270 g/mol. The van der Waals surface area contributed by atoms with Gasteiger partial charge in [-0.2, -0.15) is 10.4 Å². The fraction of sp³-hybridized carbons (Fsp3) is 0.400. The summed E-state index contributed by atoms with van der Waals surface area (Å²) in [6.45, 7) is 5.00. The quantitative estimate of drug-likeness (QED) is 0.902. The summed E-state index contributed by atoms with van der Waals surface area (Å²) in [7, 11) is 0. The van der Waals surface area contributed by atoms with E-state index in [1.165, 1.54) is 6.33 Å². The molecular formula is C15H18N4O. The molecule has 0 bridgehead atoms. The molecule has 104 valence electrons. The van der Waals surface area contributed by atoms with Crippen molar-refractivity contribution < 1.29 is 5.11 Å². The lowest BCUT2D eigenvalue weighted by Crippen LogP contribution is -2.13. The Labute approximate surface area is 118 Å². The number of aromatic nitrogens is 3. The molecule has 5 nitrogen and oxygen atoms in total. The molecule has 1 N–H and O–H groups in total. The second-order valence-corrected chi connectivity index (χ2v) is 5.21. The first-order valence-corrected chi connectivity index (χ1v) is 6.65. The van der Waals surface area contributed by atoms with E-state index in [4.69, 9.17) is 5.26 Å². The Morgan fingerprint density at radius 2 is 2.20 bits per heavy atom. The summed E-state index contributed by atoms with van der Waals surface area (Å²) < 4.78 is 1.82. The molecule has 0 radical (unpaired) electrons. The predicted molar refractivity (Wildman–Crippen MR) is 74.7 cm³/mol. The minimum atomic E-state index is -0.682. The van der Waals surface area contributed by atoms with Gasteiger partial charge in [-0.3, -0.25) is 0 Å². The van der Waals surface area contributed by atoms with Gasteiger partial charge in [0.05, 0.1) is 17.7 Å². The van der Waals surface area contributed by atoms with E-state index in [0.717, 1.165) is 17.9 Å². The summed E-state index contributed by atoms with van der Waals surface area (Å²) in [5.41, 5.74) is 1.27. The average Bonchev–Trinajstić information content (AvgIpc) is 2.85. The van der Waals surface area contributed by atoms with Gasteiger partial charge in [-0.05, 0) is 23.6 Å². The molecule has 0 aliphatic rings. The maximum absolute atomic E-state index is 10.3. The van der Waals surface area contributed by atoms with E-state index >= 15 is 0 Å². The number of nitrogens with zero attached hydrogens (tertiary/aromatic N) is 4. The third-order valence-corrected chi connectivity index (χ3v) is 3.01. The summed E-state index contributed by atoms with van der Waals surface area (Å²) in [6, 6.07) is 9.08. The molecule has 1 heterocycles. The van der Waals surface area contributed by atoms with Crippen LogP contribution in [0.4, 0.5) is 0 Å². The first kappa shape index (κ1) is 14.2. The second-order valence-electron chi connectivity index (χ2n) is 5.21. The Morgan fingerprint density at radius 1 is 1.40 bits per heavy atom. The van der Waals surface area contributed by atoms with Crippen LogP contribution in [0.1, 0.15) is 36.9 Å². The molecule has 0 spiro atoms. The minimum Gasteiger partial charge on any atom is -0.388 e. The molecule has 0 saturated carbocycles. The number of aliphatic hydroxyl groups excluding tert-OH is 1. The number of hydrogen-bond donors (Lipinski definition) is 1. The molecule has 1 unspecified atom stereocenters. The molecule has 1 aromatic carbocycles. The van der Waals surface area contributed by atoms with Crippen LogP contribution >= 0.6 is 0 Å². The zero-order valence-corrected chi connectivity index (χ0v) is 11.7. The fourth-order valence-corrected chi connectivity index (χ4v) is 2.05. The smallest absolute Gasteiger partial charge is 0.138 e. The van der Waals surface area contributed by atoms with E-state index in [1.54, 1.807) is 18.2 Å². The molecule has 1 aromatic heterocycles. The Morgan fingerprint density at radius 3 is 2.90 bits per heavy atom. The van der Waals surface area contributed by atoms with Crippen molar-refractivity contribution in [3.63, 3.8) is 0 Å². The van der Waals surface area contributed by atoms with Crippen LogP contribution in [0.5, 0.6) is 0 Å². The van der Waals surface area contributed by atoms with Crippen molar-refractivity contribution in [2.45, 2.75) is 32.9 Å². The van der Waals surface area contributed by atoms with E-state index < -0.39 is 6.10 Å². The maximum atomic E-state index is 10.3. The second kappa shape index (κ2) is 6.31.